The first-order chi connectivity index (χ1) is 5.24. The highest BCUT2D eigenvalue weighted by Crippen LogP contribution is 2.24. The Labute approximate surface area is 78.7 Å². The van der Waals surface area contributed by atoms with Gasteiger partial charge in [0.05, 0.1) is 16.1 Å². The first-order valence-electron chi connectivity index (χ1n) is 3.18. The van der Waals surface area contributed by atoms with Gasteiger partial charge in [-0.1, -0.05) is 11.6 Å². The van der Waals surface area contributed by atoms with Crippen molar-refractivity contribution < 1.29 is 4.74 Å². The highest BCUT2D eigenvalue weighted by Gasteiger charge is 2.01. The van der Waals surface area contributed by atoms with Crippen LogP contribution in [0.5, 0.6) is 5.88 Å². The lowest BCUT2D eigenvalue weighted by Crippen LogP contribution is -1.94. The summed E-state index contributed by atoms with van der Waals surface area (Å²) in [6.07, 6.45) is 1.55. The van der Waals surface area contributed by atoms with E-state index in [1.807, 2.05) is 6.92 Å². The smallest absolute Gasteiger partial charge is 0.228 e. The fraction of sp³-hybridized carbons (Fsp3) is 0.286. The maximum Gasteiger partial charge on any atom is 0.228 e. The molecule has 0 aliphatic carbocycles. The van der Waals surface area contributed by atoms with Crippen molar-refractivity contribution in [3.8, 4) is 5.88 Å². The van der Waals surface area contributed by atoms with Crippen molar-refractivity contribution in [1.82, 2.24) is 4.98 Å². The average molecular weight is 236 g/mol. The molecule has 0 aromatic carbocycles. The fourth-order valence-electron chi connectivity index (χ4n) is 0.645. The fourth-order valence-corrected chi connectivity index (χ4v) is 1.40. The Kier molecular flexibility index (Phi) is 3.15. The normalized spacial score (nSPS) is 9.73. The molecule has 0 bridgehead atoms. The molecule has 0 radical (unpaired) electrons. The molecule has 60 valence electrons. The van der Waals surface area contributed by atoms with Crippen molar-refractivity contribution in [1.29, 1.82) is 0 Å². The number of hydrogen-bond acceptors (Lipinski definition) is 2. The summed E-state index contributed by atoms with van der Waals surface area (Å²) >= 11 is 8.95. The second-order valence-corrected chi connectivity index (χ2v) is 3.16. The van der Waals surface area contributed by atoms with Crippen LogP contribution in [0.3, 0.4) is 0 Å². The molecule has 0 saturated carbocycles. The lowest BCUT2D eigenvalue weighted by molar-refractivity contribution is 0.324. The number of nitrogens with zero attached hydrogens (tertiary/aromatic N) is 1. The SMILES string of the molecule is CCOc1ncc(Cl)cc1Br. The molecule has 0 amide bonds. The average Bonchev–Trinajstić information content (AvgIpc) is 1.95. The molecule has 0 aliphatic rings. The van der Waals surface area contributed by atoms with Crippen LogP contribution < -0.4 is 4.74 Å². The number of halogens is 2. The van der Waals surface area contributed by atoms with E-state index in [2.05, 4.69) is 20.9 Å². The molecule has 11 heavy (non-hydrogen) atoms. The monoisotopic (exact) mass is 235 g/mol. The summed E-state index contributed by atoms with van der Waals surface area (Å²) in [4.78, 5) is 3.97. The summed E-state index contributed by atoms with van der Waals surface area (Å²) in [5.41, 5.74) is 0. The van der Waals surface area contributed by atoms with E-state index < -0.39 is 0 Å². The number of rotatable bonds is 2. The van der Waals surface area contributed by atoms with Crippen LogP contribution >= 0.6 is 27.5 Å². The van der Waals surface area contributed by atoms with Gasteiger partial charge in [-0.15, -0.1) is 0 Å². The van der Waals surface area contributed by atoms with Crippen LogP contribution in [0, 0.1) is 0 Å². The molecule has 0 N–H and O–H groups in total. The summed E-state index contributed by atoms with van der Waals surface area (Å²) in [5.74, 6) is 0.580. The molecule has 0 unspecified atom stereocenters. The van der Waals surface area contributed by atoms with Gasteiger partial charge in [-0.2, -0.15) is 0 Å². The van der Waals surface area contributed by atoms with E-state index in [4.69, 9.17) is 16.3 Å². The Morgan fingerprint density at radius 2 is 2.45 bits per heavy atom. The van der Waals surface area contributed by atoms with Crippen LogP contribution in [0.25, 0.3) is 0 Å². The standard InChI is InChI=1S/C7H7BrClNO/c1-2-11-7-6(8)3-5(9)4-10-7/h3-4H,2H2,1H3. The predicted molar refractivity (Wildman–Crippen MR) is 48.1 cm³/mol. The first-order valence-corrected chi connectivity index (χ1v) is 4.35. The van der Waals surface area contributed by atoms with E-state index >= 15 is 0 Å². The van der Waals surface area contributed by atoms with Gasteiger partial charge in [-0.3, -0.25) is 0 Å². The molecular weight excluding hydrogens is 229 g/mol. The van der Waals surface area contributed by atoms with Crippen LogP contribution in [0.2, 0.25) is 5.02 Å². The number of hydrogen-bond donors (Lipinski definition) is 0. The van der Waals surface area contributed by atoms with Gasteiger partial charge in [-0.05, 0) is 28.9 Å². The van der Waals surface area contributed by atoms with Crippen molar-refractivity contribution in [2.24, 2.45) is 0 Å². The Morgan fingerprint density at radius 1 is 1.73 bits per heavy atom. The second kappa shape index (κ2) is 3.93. The van der Waals surface area contributed by atoms with E-state index in [1.165, 1.54) is 0 Å². The van der Waals surface area contributed by atoms with E-state index in [1.54, 1.807) is 12.3 Å². The molecule has 0 aliphatic heterocycles. The molecular formula is C7H7BrClNO. The zero-order chi connectivity index (χ0) is 8.27. The van der Waals surface area contributed by atoms with Crippen LogP contribution in [-0.4, -0.2) is 11.6 Å². The Hall–Kier alpha value is -0.280. The Bertz CT molecular complexity index is 254. The molecule has 1 aromatic rings. The summed E-state index contributed by atoms with van der Waals surface area (Å²) < 4.78 is 5.96. The lowest BCUT2D eigenvalue weighted by atomic mass is 10.5. The quantitative estimate of drug-likeness (QED) is 0.788. The molecule has 1 rings (SSSR count). The largest absolute Gasteiger partial charge is 0.477 e. The Morgan fingerprint density at radius 3 is 3.00 bits per heavy atom. The van der Waals surface area contributed by atoms with Crippen LogP contribution in [0.1, 0.15) is 6.92 Å². The number of aromatic nitrogens is 1. The van der Waals surface area contributed by atoms with Gasteiger partial charge in [0.25, 0.3) is 0 Å². The van der Waals surface area contributed by atoms with Gasteiger partial charge in [0.2, 0.25) is 5.88 Å². The zero-order valence-corrected chi connectivity index (χ0v) is 8.32. The van der Waals surface area contributed by atoms with Gasteiger partial charge in [-0.25, -0.2) is 4.98 Å². The molecule has 0 fully saturated rings. The minimum absolute atomic E-state index is 0.580. The Balaban J connectivity index is 2.90. The third-order valence-electron chi connectivity index (χ3n) is 1.06. The third kappa shape index (κ3) is 2.34. The van der Waals surface area contributed by atoms with Crippen molar-refractivity contribution in [3.63, 3.8) is 0 Å². The highest BCUT2D eigenvalue weighted by atomic mass is 79.9. The number of pyridine rings is 1. The van der Waals surface area contributed by atoms with Crippen molar-refractivity contribution >= 4 is 27.5 Å². The maximum atomic E-state index is 5.67. The van der Waals surface area contributed by atoms with Gasteiger partial charge < -0.3 is 4.74 Å². The molecule has 2 nitrogen and oxygen atoms in total. The second-order valence-electron chi connectivity index (χ2n) is 1.87. The molecule has 0 saturated heterocycles. The predicted octanol–water partition coefficient (Wildman–Crippen LogP) is 2.90. The van der Waals surface area contributed by atoms with Crippen molar-refractivity contribution in [2.75, 3.05) is 6.61 Å². The van der Waals surface area contributed by atoms with Crippen molar-refractivity contribution in [3.05, 3.63) is 21.8 Å². The maximum absolute atomic E-state index is 5.67. The van der Waals surface area contributed by atoms with Gasteiger partial charge >= 0.3 is 0 Å². The number of ether oxygens (including phenoxy) is 1. The van der Waals surface area contributed by atoms with Gasteiger partial charge in [0.15, 0.2) is 0 Å². The lowest BCUT2D eigenvalue weighted by Gasteiger charge is -2.02. The zero-order valence-electron chi connectivity index (χ0n) is 5.97. The van der Waals surface area contributed by atoms with Crippen LogP contribution in [0.15, 0.2) is 16.7 Å². The van der Waals surface area contributed by atoms with E-state index in [9.17, 15) is 0 Å². The minimum Gasteiger partial charge on any atom is -0.477 e. The van der Waals surface area contributed by atoms with Crippen molar-refractivity contribution in [2.45, 2.75) is 6.92 Å². The summed E-state index contributed by atoms with van der Waals surface area (Å²) in [7, 11) is 0. The molecule has 1 heterocycles. The third-order valence-corrected chi connectivity index (χ3v) is 1.83. The van der Waals surface area contributed by atoms with E-state index in [0.29, 0.717) is 17.5 Å². The molecule has 0 atom stereocenters. The van der Waals surface area contributed by atoms with Gasteiger partial charge in [0, 0.05) is 6.20 Å². The van der Waals surface area contributed by atoms with E-state index in [0.717, 1.165) is 4.47 Å². The summed E-state index contributed by atoms with van der Waals surface area (Å²) in [5, 5.41) is 0.598. The van der Waals surface area contributed by atoms with E-state index in [-0.39, 0.29) is 0 Å². The highest BCUT2D eigenvalue weighted by molar-refractivity contribution is 9.10. The summed E-state index contributed by atoms with van der Waals surface area (Å²) in [6, 6.07) is 1.75. The topological polar surface area (TPSA) is 22.1 Å². The van der Waals surface area contributed by atoms with Gasteiger partial charge in [0.1, 0.15) is 0 Å². The minimum atomic E-state index is 0.580. The van der Waals surface area contributed by atoms with Crippen LogP contribution in [0.4, 0.5) is 0 Å². The van der Waals surface area contributed by atoms with Crippen LogP contribution in [-0.2, 0) is 0 Å². The summed E-state index contributed by atoms with van der Waals surface area (Å²) in [6.45, 7) is 2.51. The first kappa shape index (κ1) is 8.81. The molecule has 0 spiro atoms. The molecule has 4 heteroatoms. The molecule has 1 aromatic heterocycles.